The van der Waals surface area contributed by atoms with E-state index in [4.69, 9.17) is 37.0 Å². The Morgan fingerprint density at radius 1 is 0.284 bits per heavy atom. The molecule has 0 heterocycles. The van der Waals surface area contributed by atoms with Crippen LogP contribution in [0.4, 0.5) is 0 Å². The number of phosphoric acid groups is 2. The van der Waals surface area contributed by atoms with Gasteiger partial charge in [-0.3, -0.25) is 37.3 Å². The van der Waals surface area contributed by atoms with Gasteiger partial charge >= 0.3 is 39.5 Å². The van der Waals surface area contributed by atoms with E-state index in [0.29, 0.717) is 25.7 Å². The van der Waals surface area contributed by atoms with E-state index in [9.17, 15) is 43.2 Å². The van der Waals surface area contributed by atoms with Crippen LogP contribution in [0.1, 0.15) is 389 Å². The molecule has 0 rings (SSSR count). The Labute approximate surface area is 581 Å². The number of aliphatic hydroxyl groups excluding tert-OH is 1. The van der Waals surface area contributed by atoms with E-state index in [1.165, 1.54) is 199 Å². The lowest BCUT2D eigenvalue weighted by Gasteiger charge is -2.21. The smallest absolute Gasteiger partial charge is 0.462 e. The van der Waals surface area contributed by atoms with Crippen LogP contribution in [0.15, 0.2) is 0 Å². The lowest BCUT2D eigenvalue weighted by atomic mass is 10.0. The highest BCUT2D eigenvalue weighted by molar-refractivity contribution is 7.47. The molecule has 564 valence electrons. The molecule has 0 aliphatic heterocycles. The molecular weight excluding hydrogens is 1250 g/mol. The van der Waals surface area contributed by atoms with Gasteiger partial charge in [-0.05, 0) is 43.4 Å². The minimum absolute atomic E-state index is 0.106. The number of unbranched alkanes of at least 4 members (excludes halogenated alkanes) is 42. The molecule has 0 aromatic heterocycles. The maximum absolute atomic E-state index is 13.1. The van der Waals surface area contributed by atoms with Crippen LogP contribution in [-0.2, 0) is 65.4 Å². The largest absolute Gasteiger partial charge is 0.472 e. The number of hydrogen-bond acceptors (Lipinski definition) is 15. The molecule has 17 nitrogen and oxygen atoms in total. The average molecular weight is 1400 g/mol. The van der Waals surface area contributed by atoms with Crippen molar-refractivity contribution in [3.63, 3.8) is 0 Å². The number of ether oxygens (including phenoxy) is 4. The van der Waals surface area contributed by atoms with Gasteiger partial charge in [-0.2, -0.15) is 0 Å². The fourth-order valence-electron chi connectivity index (χ4n) is 11.6. The van der Waals surface area contributed by atoms with E-state index < -0.39 is 97.5 Å². The predicted molar refractivity (Wildman–Crippen MR) is 386 cm³/mol. The Morgan fingerprint density at radius 2 is 0.484 bits per heavy atom. The van der Waals surface area contributed by atoms with Gasteiger partial charge in [-0.25, -0.2) is 9.13 Å². The minimum atomic E-state index is -4.96. The average Bonchev–Trinajstić information content (AvgIpc) is 2.37. The zero-order valence-electron chi connectivity index (χ0n) is 62.1. The summed E-state index contributed by atoms with van der Waals surface area (Å²) in [4.78, 5) is 72.8. The van der Waals surface area contributed by atoms with E-state index in [-0.39, 0.29) is 25.7 Å². The minimum Gasteiger partial charge on any atom is -0.462 e. The summed E-state index contributed by atoms with van der Waals surface area (Å²) in [6.07, 6.45) is 52.6. The molecule has 0 aromatic rings. The molecule has 0 fully saturated rings. The zero-order valence-corrected chi connectivity index (χ0v) is 63.9. The molecule has 0 radical (unpaired) electrons. The van der Waals surface area contributed by atoms with E-state index in [1.807, 2.05) is 0 Å². The number of carbonyl (C=O) groups excluding carboxylic acids is 4. The molecule has 0 saturated heterocycles. The third-order valence-corrected chi connectivity index (χ3v) is 19.5. The Morgan fingerprint density at radius 3 is 0.716 bits per heavy atom. The molecule has 0 bridgehead atoms. The Balaban J connectivity index is 5.26. The maximum atomic E-state index is 13.1. The van der Waals surface area contributed by atoms with Gasteiger partial charge in [0.1, 0.15) is 19.3 Å². The summed E-state index contributed by atoms with van der Waals surface area (Å²) in [5.41, 5.74) is 0. The van der Waals surface area contributed by atoms with Crippen LogP contribution in [0.5, 0.6) is 0 Å². The summed E-state index contributed by atoms with van der Waals surface area (Å²) in [6, 6.07) is 0. The third-order valence-electron chi connectivity index (χ3n) is 17.6. The second kappa shape index (κ2) is 66.6. The van der Waals surface area contributed by atoms with Crippen molar-refractivity contribution < 1.29 is 80.2 Å². The quantitative estimate of drug-likeness (QED) is 0.0222. The maximum Gasteiger partial charge on any atom is 0.472 e. The van der Waals surface area contributed by atoms with Crippen molar-refractivity contribution in [2.45, 2.75) is 407 Å². The van der Waals surface area contributed by atoms with E-state index >= 15 is 0 Å². The molecule has 0 spiro atoms. The van der Waals surface area contributed by atoms with E-state index in [2.05, 4.69) is 48.5 Å². The van der Waals surface area contributed by atoms with Crippen molar-refractivity contribution in [3.05, 3.63) is 0 Å². The first-order chi connectivity index (χ1) is 45.7. The van der Waals surface area contributed by atoms with Crippen molar-refractivity contribution in [3.8, 4) is 0 Å². The summed E-state index contributed by atoms with van der Waals surface area (Å²) in [6.45, 7) is 11.9. The topological polar surface area (TPSA) is 237 Å². The molecule has 19 heteroatoms. The standard InChI is InChI=1S/C76H148O17P2/c1-8-9-10-11-12-13-29-36-43-50-57-73(78)86-63-71(93-76(81)60-53-46-39-32-25-19-22-28-35-42-49-56-69(6)7)65-90-94(82,83)88-61-70(77)62-89-95(84,85)91-66-72(64-87-74(79)58-51-44-37-30-23-18-17-21-27-34-41-48-55-68(4)5)92-75(80)59-52-45-38-31-24-16-14-15-20-26-33-40-47-54-67(2)3/h67-72,77H,8-66H2,1-7H3,(H,82,83)(H,84,85)/t70-,71+,72+/m0/s1. The van der Waals surface area contributed by atoms with Gasteiger partial charge in [0.05, 0.1) is 26.4 Å². The molecule has 0 saturated carbocycles. The van der Waals surface area contributed by atoms with Gasteiger partial charge in [0.2, 0.25) is 0 Å². The molecule has 2 unspecified atom stereocenters. The first-order valence-electron chi connectivity index (χ1n) is 39.3. The van der Waals surface area contributed by atoms with Crippen LogP contribution in [0.3, 0.4) is 0 Å². The number of phosphoric ester groups is 2. The molecule has 0 aromatic carbocycles. The number of hydrogen-bond donors (Lipinski definition) is 3. The normalized spacial score (nSPS) is 14.1. The lowest BCUT2D eigenvalue weighted by molar-refractivity contribution is -0.161. The fourth-order valence-corrected chi connectivity index (χ4v) is 13.2. The highest BCUT2D eigenvalue weighted by Gasteiger charge is 2.30. The van der Waals surface area contributed by atoms with Crippen LogP contribution in [-0.4, -0.2) is 96.7 Å². The van der Waals surface area contributed by atoms with Crippen molar-refractivity contribution in [2.24, 2.45) is 17.8 Å². The fraction of sp³-hybridized carbons (Fsp3) is 0.947. The SMILES string of the molecule is CCCCCCCCCCCCC(=O)OC[C@H](COP(=O)(O)OC[C@H](O)COP(=O)(O)OC[C@@H](COC(=O)CCCCCCCCCCCCCCC(C)C)OC(=O)CCCCCCCCCCCCCCCC(C)C)OC(=O)CCCCCCCCCCCCCC(C)C. The molecule has 0 amide bonds. The van der Waals surface area contributed by atoms with Gasteiger partial charge in [0, 0.05) is 25.7 Å². The number of aliphatic hydroxyl groups is 1. The van der Waals surface area contributed by atoms with Gasteiger partial charge in [0.25, 0.3) is 0 Å². The number of rotatable bonds is 74. The Hall–Kier alpha value is -1.94. The second-order valence-electron chi connectivity index (χ2n) is 28.8. The molecule has 0 aliphatic carbocycles. The van der Waals surface area contributed by atoms with E-state index in [1.54, 1.807) is 0 Å². The van der Waals surface area contributed by atoms with Gasteiger partial charge in [0.15, 0.2) is 12.2 Å². The number of esters is 4. The first kappa shape index (κ1) is 93.1. The lowest BCUT2D eigenvalue weighted by Crippen LogP contribution is -2.30. The molecule has 3 N–H and O–H groups in total. The molecule has 0 aliphatic rings. The summed E-state index contributed by atoms with van der Waals surface area (Å²) < 4.78 is 68.5. The summed E-state index contributed by atoms with van der Waals surface area (Å²) in [5.74, 6) is 0.217. The highest BCUT2D eigenvalue weighted by Crippen LogP contribution is 2.45. The Kier molecular flexibility index (Phi) is 65.2. The van der Waals surface area contributed by atoms with Crippen LogP contribution in [0.2, 0.25) is 0 Å². The van der Waals surface area contributed by atoms with E-state index in [0.717, 1.165) is 108 Å². The van der Waals surface area contributed by atoms with Crippen LogP contribution >= 0.6 is 15.6 Å². The summed E-state index contributed by atoms with van der Waals surface area (Å²) in [7, 11) is -9.91. The summed E-state index contributed by atoms with van der Waals surface area (Å²) in [5, 5.41) is 10.6. The van der Waals surface area contributed by atoms with Crippen LogP contribution in [0.25, 0.3) is 0 Å². The van der Waals surface area contributed by atoms with Crippen molar-refractivity contribution in [1.29, 1.82) is 0 Å². The molecular formula is C76H148O17P2. The third kappa shape index (κ3) is 70.3. The monoisotopic (exact) mass is 1400 g/mol. The van der Waals surface area contributed by atoms with Crippen molar-refractivity contribution >= 4 is 39.5 Å². The number of carbonyl (C=O) groups is 4. The second-order valence-corrected chi connectivity index (χ2v) is 31.7. The first-order valence-corrected chi connectivity index (χ1v) is 42.3. The zero-order chi connectivity index (χ0) is 70.1. The van der Waals surface area contributed by atoms with Gasteiger partial charge < -0.3 is 33.8 Å². The van der Waals surface area contributed by atoms with Gasteiger partial charge in [-0.15, -0.1) is 0 Å². The van der Waals surface area contributed by atoms with Crippen LogP contribution in [0, 0.1) is 17.8 Å². The van der Waals surface area contributed by atoms with Crippen molar-refractivity contribution in [2.75, 3.05) is 39.6 Å². The predicted octanol–water partition coefficient (Wildman–Crippen LogP) is 22.2. The Bertz CT molecular complexity index is 1850. The van der Waals surface area contributed by atoms with Crippen molar-refractivity contribution in [1.82, 2.24) is 0 Å². The van der Waals surface area contributed by atoms with Gasteiger partial charge in [-0.1, -0.05) is 337 Å². The summed E-state index contributed by atoms with van der Waals surface area (Å²) >= 11 is 0. The van der Waals surface area contributed by atoms with Crippen LogP contribution < -0.4 is 0 Å². The highest BCUT2D eigenvalue weighted by atomic mass is 31.2. The molecule has 95 heavy (non-hydrogen) atoms. The molecule has 5 atom stereocenters.